The van der Waals surface area contributed by atoms with Gasteiger partial charge < -0.3 is 5.32 Å². The van der Waals surface area contributed by atoms with E-state index in [4.69, 9.17) is 0 Å². The first-order valence-electron chi connectivity index (χ1n) is 6.38. The molecule has 1 N–H and O–H groups in total. The molecule has 0 aromatic heterocycles. The number of alkyl halides is 3. The molecule has 0 aliphatic carbocycles. The molecule has 0 radical (unpaired) electrons. The molecule has 0 spiro atoms. The van der Waals surface area contributed by atoms with Gasteiger partial charge in [0, 0.05) is 6.54 Å². The third kappa shape index (κ3) is 2.62. The van der Waals surface area contributed by atoms with E-state index in [1.165, 1.54) is 0 Å². The average molecular weight is 312 g/mol. The van der Waals surface area contributed by atoms with Crippen LogP contribution in [-0.2, 0) is 4.79 Å². The molecule has 0 aromatic rings. The third-order valence-electron chi connectivity index (χ3n) is 4.17. The van der Waals surface area contributed by atoms with Gasteiger partial charge in [-0.3, -0.25) is 9.69 Å². The minimum atomic E-state index is -4.82. The molecule has 0 saturated carbocycles. The molecule has 0 bridgehead atoms. The predicted octanol–water partition coefficient (Wildman–Crippen LogP) is 2.60. The summed E-state index contributed by atoms with van der Waals surface area (Å²) in [4.78, 5) is 24.4. The molecule has 1 fully saturated rings. The van der Waals surface area contributed by atoms with E-state index in [0.29, 0.717) is 30.4 Å². The molecule has 1 saturated heterocycles. The number of nitrogens with zero attached hydrogens (tertiary/aromatic N) is 1. The molecule has 20 heavy (non-hydrogen) atoms. The molecule has 1 heterocycles. The van der Waals surface area contributed by atoms with Crippen LogP contribution in [0.1, 0.15) is 33.6 Å². The second-order valence-corrected chi connectivity index (χ2v) is 5.63. The summed E-state index contributed by atoms with van der Waals surface area (Å²) in [5, 5.41) is 1.75. The Morgan fingerprint density at radius 1 is 1.25 bits per heavy atom. The summed E-state index contributed by atoms with van der Waals surface area (Å²) in [7, 11) is 0. The fraction of sp³-hybridized carbons (Fsp3) is 0.833. The Kier molecular flexibility index (Phi) is 4.68. The average Bonchev–Trinajstić information content (AvgIpc) is 2.59. The molecule has 116 valence electrons. The fourth-order valence-corrected chi connectivity index (χ4v) is 2.66. The highest BCUT2D eigenvalue weighted by Gasteiger charge is 2.64. The van der Waals surface area contributed by atoms with Crippen LogP contribution in [0.15, 0.2) is 0 Å². The van der Waals surface area contributed by atoms with Gasteiger partial charge in [-0.2, -0.15) is 25.8 Å². The number of halogens is 3. The number of rotatable bonds is 5. The SMILES string of the molecule is CCC(CC)(CS)CN1C(=O)NC(C)(C(F)(F)F)C1=O. The van der Waals surface area contributed by atoms with Crippen molar-refractivity contribution in [1.29, 1.82) is 0 Å². The van der Waals surface area contributed by atoms with Gasteiger partial charge in [0.25, 0.3) is 5.91 Å². The highest BCUT2D eigenvalue weighted by Crippen LogP contribution is 2.37. The lowest BCUT2D eigenvalue weighted by atomic mass is 9.83. The fourth-order valence-electron chi connectivity index (χ4n) is 2.12. The van der Waals surface area contributed by atoms with Crippen LogP contribution in [-0.4, -0.2) is 40.9 Å². The molecule has 4 nitrogen and oxygen atoms in total. The van der Waals surface area contributed by atoms with Crippen molar-refractivity contribution in [2.75, 3.05) is 12.3 Å². The molecule has 3 amide bonds. The zero-order valence-corrected chi connectivity index (χ0v) is 12.6. The maximum Gasteiger partial charge on any atom is 0.420 e. The molecule has 1 aliphatic rings. The topological polar surface area (TPSA) is 49.4 Å². The zero-order valence-electron chi connectivity index (χ0n) is 11.7. The van der Waals surface area contributed by atoms with Gasteiger partial charge in [-0.1, -0.05) is 13.8 Å². The zero-order chi connectivity index (χ0) is 15.8. The monoisotopic (exact) mass is 312 g/mol. The lowest BCUT2D eigenvalue weighted by molar-refractivity contribution is -0.191. The van der Waals surface area contributed by atoms with Crippen molar-refractivity contribution >= 4 is 24.6 Å². The Bertz CT molecular complexity index is 402. The summed E-state index contributed by atoms with van der Waals surface area (Å²) in [6.07, 6.45) is -3.59. The third-order valence-corrected chi connectivity index (χ3v) is 4.84. The molecule has 1 aliphatic heterocycles. The quantitative estimate of drug-likeness (QED) is 0.605. The van der Waals surface area contributed by atoms with Crippen LogP contribution in [0.3, 0.4) is 0 Å². The molecule has 8 heteroatoms. The standard InChI is InChI=1S/C12H19F3N2O2S/c1-4-11(5-2,7-20)6-17-8(18)10(3,12(13,14)15)16-9(17)19/h20H,4-7H2,1-3H3,(H,16,19). The number of imide groups is 1. The molecule has 1 atom stereocenters. The molecule has 0 aromatic carbocycles. The van der Waals surface area contributed by atoms with E-state index >= 15 is 0 Å². The van der Waals surface area contributed by atoms with Gasteiger partial charge in [0.2, 0.25) is 5.54 Å². The van der Waals surface area contributed by atoms with Crippen LogP contribution in [0.2, 0.25) is 0 Å². The van der Waals surface area contributed by atoms with Crippen LogP contribution >= 0.6 is 12.6 Å². The van der Waals surface area contributed by atoms with Gasteiger partial charge in [-0.05, 0) is 30.9 Å². The van der Waals surface area contributed by atoms with Gasteiger partial charge in [-0.25, -0.2) is 4.79 Å². The Morgan fingerprint density at radius 2 is 1.75 bits per heavy atom. The van der Waals surface area contributed by atoms with Crippen molar-refractivity contribution in [3.05, 3.63) is 0 Å². The van der Waals surface area contributed by atoms with E-state index in [9.17, 15) is 22.8 Å². The Morgan fingerprint density at radius 3 is 2.05 bits per heavy atom. The minimum absolute atomic E-state index is 0.0557. The summed E-state index contributed by atoms with van der Waals surface area (Å²) in [5.74, 6) is -0.858. The summed E-state index contributed by atoms with van der Waals surface area (Å²) in [5.41, 5.74) is -3.30. The molecular formula is C12H19F3N2O2S. The first kappa shape index (κ1) is 17.1. The largest absolute Gasteiger partial charge is 0.420 e. The highest BCUT2D eigenvalue weighted by molar-refractivity contribution is 7.80. The van der Waals surface area contributed by atoms with E-state index in [0.717, 1.165) is 0 Å². The molecule has 1 rings (SSSR count). The Balaban J connectivity index is 3.05. The van der Waals surface area contributed by atoms with Gasteiger partial charge >= 0.3 is 12.2 Å². The molecule has 1 unspecified atom stereocenters. The highest BCUT2D eigenvalue weighted by atomic mass is 32.1. The second kappa shape index (κ2) is 5.46. The summed E-state index contributed by atoms with van der Waals surface area (Å²) in [6, 6.07) is -0.997. The van der Waals surface area contributed by atoms with Crippen molar-refractivity contribution < 1.29 is 22.8 Å². The Hall–Kier alpha value is -0.920. The van der Waals surface area contributed by atoms with Gasteiger partial charge in [-0.15, -0.1) is 0 Å². The van der Waals surface area contributed by atoms with Crippen LogP contribution in [0, 0.1) is 5.41 Å². The number of hydrogen-bond donors (Lipinski definition) is 2. The minimum Gasteiger partial charge on any atom is -0.316 e. The van der Waals surface area contributed by atoms with Crippen LogP contribution in [0.4, 0.5) is 18.0 Å². The van der Waals surface area contributed by atoms with E-state index in [1.807, 2.05) is 13.8 Å². The van der Waals surface area contributed by atoms with Crippen molar-refractivity contribution in [3.8, 4) is 0 Å². The summed E-state index contributed by atoms with van der Waals surface area (Å²) < 4.78 is 38.8. The lowest BCUT2D eigenvalue weighted by Gasteiger charge is -2.33. The van der Waals surface area contributed by atoms with Crippen molar-refractivity contribution in [3.63, 3.8) is 0 Å². The van der Waals surface area contributed by atoms with Crippen molar-refractivity contribution in [2.45, 2.75) is 45.3 Å². The first-order valence-corrected chi connectivity index (χ1v) is 7.02. The normalized spacial score (nSPS) is 24.2. The number of nitrogens with one attached hydrogen (secondary N) is 1. The van der Waals surface area contributed by atoms with E-state index < -0.39 is 29.1 Å². The summed E-state index contributed by atoms with van der Waals surface area (Å²) in [6.45, 7) is 4.36. The number of carbonyl (C=O) groups excluding carboxylic acids is 2. The van der Waals surface area contributed by atoms with E-state index in [-0.39, 0.29) is 6.54 Å². The van der Waals surface area contributed by atoms with Gasteiger partial charge in [0.1, 0.15) is 0 Å². The number of thiol groups is 1. The predicted molar refractivity (Wildman–Crippen MR) is 71.6 cm³/mol. The van der Waals surface area contributed by atoms with Crippen molar-refractivity contribution in [2.24, 2.45) is 5.41 Å². The van der Waals surface area contributed by atoms with Crippen molar-refractivity contribution in [1.82, 2.24) is 10.2 Å². The van der Waals surface area contributed by atoms with Crippen LogP contribution in [0.5, 0.6) is 0 Å². The van der Waals surface area contributed by atoms with Gasteiger partial charge in [0.15, 0.2) is 0 Å². The van der Waals surface area contributed by atoms with E-state index in [1.54, 1.807) is 5.32 Å². The van der Waals surface area contributed by atoms with Gasteiger partial charge in [0.05, 0.1) is 0 Å². The number of hydrogen-bond acceptors (Lipinski definition) is 3. The molecular weight excluding hydrogens is 293 g/mol. The smallest absolute Gasteiger partial charge is 0.316 e. The number of amides is 3. The van der Waals surface area contributed by atoms with E-state index in [2.05, 4.69) is 12.6 Å². The lowest BCUT2D eigenvalue weighted by Crippen LogP contribution is -2.56. The van der Waals surface area contributed by atoms with Crippen LogP contribution in [0.25, 0.3) is 0 Å². The summed E-state index contributed by atoms with van der Waals surface area (Å²) >= 11 is 4.20. The number of urea groups is 1. The maximum atomic E-state index is 12.9. The number of carbonyl (C=O) groups is 2. The van der Waals surface area contributed by atoms with Crippen LogP contribution < -0.4 is 5.32 Å². The maximum absolute atomic E-state index is 12.9. The first-order chi connectivity index (χ1) is 9.07. The Labute approximate surface area is 121 Å². The second-order valence-electron chi connectivity index (χ2n) is 5.31.